The van der Waals surface area contributed by atoms with E-state index in [4.69, 9.17) is 0 Å². The minimum absolute atomic E-state index is 0.0656. The summed E-state index contributed by atoms with van der Waals surface area (Å²) in [4.78, 5) is 170. The summed E-state index contributed by atoms with van der Waals surface area (Å²) in [6, 6.07) is 61.8. The zero-order chi connectivity index (χ0) is 79.6. The van der Waals surface area contributed by atoms with E-state index in [1.165, 1.54) is 39.2 Å². The number of aryl methyl sites for hydroxylation is 1. The van der Waals surface area contributed by atoms with E-state index < -0.39 is 53.6 Å². The number of carbonyl (C=O) groups excluding carboxylic acids is 12. The monoisotopic (exact) mass is 1540 g/mol. The topological polar surface area (TPSA) is 231 Å². The number of nitrogens with zero attached hydrogens (tertiary/aromatic N) is 8. The fraction of sp³-hybridized carbons (Fsp3) is 0.426. The molecule has 20 nitrogen and oxygen atoms in total. The Bertz CT molecular complexity index is 4460. The summed E-state index contributed by atoms with van der Waals surface area (Å²) in [5.74, 6) is -6.58. The smallest absolute Gasteiger partial charge is 0.273 e. The molecule has 0 bridgehead atoms. The van der Waals surface area contributed by atoms with Gasteiger partial charge in [0.25, 0.3) is 0 Å². The molecule has 9 aliphatic rings. The maximum Gasteiger partial charge on any atom is 0.334 e. The predicted octanol–water partition coefficient (Wildman–Crippen LogP) is 16.9. The third-order valence-corrected chi connectivity index (χ3v) is 24.3. The van der Waals surface area contributed by atoms with Crippen LogP contribution in [0.5, 0.6) is 0 Å². The largest absolute Gasteiger partial charge is 0.334 e. The minimum Gasteiger partial charge on any atom is -0.273 e. The average molecular weight is 1540 g/mol. The molecule has 16 amide bonds. The highest BCUT2D eigenvalue weighted by molar-refractivity contribution is 6.22. The van der Waals surface area contributed by atoms with Gasteiger partial charge in [-0.25, -0.2) is 19.2 Å². The van der Waals surface area contributed by atoms with Crippen molar-refractivity contribution >= 4 is 71.4 Å². The summed E-state index contributed by atoms with van der Waals surface area (Å²) in [5, 5.41) is 0. The number of barbiturate groups is 4. The van der Waals surface area contributed by atoms with Gasteiger partial charge in [0.1, 0.15) is 23.7 Å². The molecule has 4 saturated heterocycles. The highest BCUT2D eigenvalue weighted by atomic mass is 16.2. The van der Waals surface area contributed by atoms with E-state index in [-0.39, 0.29) is 91.3 Å². The van der Waals surface area contributed by atoms with Crippen LogP contribution in [0.1, 0.15) is 223 Å². The van der Waals surface area contributed by atoms with Crippen LogP contribution in [0.3, 0.4) is 0 Å². The van der Waals surface area contributed by atoms with Gasteiger partial charge in [-0.15, -0.1) is 0 Å². The second-order valence-corrected chi connectivity index (χ2v) is 31.9. The maximum absolute atomic E-state index is 13.4. The van der Waals surface area contributed by atoms with E-state index in [0.717, 1.165) is 188 Å². The number of carbonyl (C=O) groups is 12. The van der Waals surface area contributed by atoms with E-state index in [9.17, 15) is 57.5 Å². The number of benzene rings is 7. The molecule has 7 aromatic carbocycles. The molecule has 0 spiro atoms. The van der Waals surface area contributed by atoms with Crippen LogP contribution in [0.25, 0.3) is 0 Å². The molecule has 5 saturated carbocycles. The van der Waals surface area contributed by atoms with E-state index >= 15 is 0 Å². The van der Waals surface area contributed by atoms with Gasteiger partial charge in [-0.2, -0.15) is 0 Å². The third-order valence-electron chi connectivity index (χ3n) is 24.3. The van der Waals surface area contributed by atoms with Gasteiger partial charge in [-0.1, -0.05) is 308 Å². The molecule has 20 heteroatoms. The number of rotatable bonds is 17. The molecule has 5 aliphatic carbocycles. The highest BCUT2D eigenvalue weighted by Crippen LogP contribution is 2.40. The Kier molecular flexibility index (Phi) is 27.5. The molecule has 16 rings (SSSR count). The van der Waals surface area contributed by atoms with Gasteiger partial charge in [0, 0.05) is 36.8 Å². The van der Waals surface area contributed by atoms with Crippen LogP contribution in [0.15, 0.2) is 206 Å². The van der Waals surface area contributed by atoms with Crippen molar-refractivity contribution in [3.63, 3.8) is 0 Å². The van der Waals surface area contributed by atoms with Crippen molar-refractivity contribution in [3.8, 4) is 0 Å². The molecule has 4 aliphatic heterocycles. The average Bonchev–Trinajstić information content (AvgIpc) is 0.769. The summed E-state index contributed by atoms with van der Waals surface area (Å²) >= 11 is 0. The molecule has 0 radical (unpaired) electrons. The van der Waals surface area contributed by atoms with E-state index in [1.807, 2.05) is 189 Å². The van der Waals surface area contributed by atoms with Gasteiger partial charge in [0.05, 0.1) is 13.1 Å². The predicted molar refractivity (Wildman–Crippen MR) is 432 cm³/mol. The lowest BCUT2D eigenvalue weighted by molar-refractivity contribution is -0.152. The van der Waals surface area contributed by atoms with Crippen LogP contribution >= 0.6 is 0 Å². The fourth-order valence-electron chi connectivity index (χ4n) is 18.1. The van der Waals surface area contributed by atoms with Gasteiger partial charge in [0.2, 0.25) is 47.3 Å². The van der Waals surface area contributed by atoms with Crippen LogP contribution in [0, 0.1) is 12.8 Å². The van der Waals surface area contributed by atoms with E-state index in [1.54, 1.807) is 24.3 Å². The Labute approximate surface area is 669 Å². The Morgan fingerprint density at radius 2 is 0.509 bits per heavy atom. The molecule has 3 unspecified atom stereocenters. The lowest BCUT2D eigenvalue weighted by Gasteiger charge is -2.45. The van der Waals surface area contributed by atoms with Gasteiger partial charge >= 0.3 is 24.1 Å². The molecular weight excluding hydrogens is 1430 g/mol. The minimum atomic E-state index is -0.954. The summed E-state index contributed by atoms with van der Waals surface area (Å²) in [5.41, 5.74) is 6.87. The van der Waals surface area contributed by atoms with Crippen LogP contribution in [-0.4, -0.2) is 147 Å². The van der Waals surface area contributed by atoms with Crippen molar-refractivity contribution in [1.29, 1.82) is 0 Å². The first-order valence-corrected chi connectivity index (χ1v) is 41.6. The summed E-state index contributed by atoms with van der Waals surface area (Å²) in [6.45, 7) is 2.66. The van der Waals surface area contributed by atoms with Crippen LogP contribution in [0.4, 0.5) is 19.2 Å². The first kappa shape index (κ1) is 81.0. The second kappa shape index (κ2) is 38.7. The molecule has 7 aromatic rings. The zero-order valence-corrected chi connectivity index (χ0v) is 65.5. The second-order valence-electron chi connectivity index (χ2n) is 31.9. The maximum atomic E-state index is 13.4. The Morgan fingerprint density at radius 3 is 0.842 bits per heavy atom. The number of urea groups is 4. The number of hydrogen-bond acceptors (Lipinski definition) is 12. The molecular formula is C94H106N8O12. The normalized spacial score (nSPS) is 21.7. The van der Waals surface area contributed by atoms with Crippen molar-refractivity contribution in [3.05, 3.63) is 251 Å². The van der Waals surface area contributed by atoms with Crippen molar-refractivity contribution in [2.45, 2.75) is 241 Å². The van der Waals surface area contributed by atoms with Gasteiger partial charge < -0.3 is 0 Å². The molecule has 9 fully saturated rings. The van der Waals surface area contributed by atoms with Crippen LogP contribution in [0.2, 0.25) is 0 Å². The number of imide groups is 8. The lowest BCUT2D eigenvalue weighted by Crippen LogP contribution is -2.64. The van der Waals surface area contributed by atoms with Gasteiger partial charge in [0.15, 0.2) is 0 Å². The molecule has 594 valence electrons. The summed E-state index contributed by atoms with van der Waals surface area (Å²) in [6.07, 6.45) is 25.1. The Morgan fingerprint density at radius 1 is 0.246 bits per heavy atom. The van der Waals surface area contributed by atoms with Crippen molar-refractivity contribution in [2.24, 2.45) is 5.92 Å². The lowest BCUT2D eigenvalue weighted by atomic mass is 9.87. The first-order valence-electron chi connectivity index (χ1n) is 41.6. The number of amides is 16. The Hall–Kier alpha value is -11.0. The zero-order valence-electron chi connectivity index (χ0n) is 65.5. The molecule has 114 heavy (non-hydrogen) atoms. The number of hydrogen-bond donors (Lipinski definition) is 0. The molecule has 0 N–H and O–H groups in total. The van der Waals surface area contributed by atoms with Crippen LogP contribution in [-0.2, 0) is 64.3 Å². The van der Waals surface area contributed by atoms with Gasteiger partial charge in [-0.05, 0) is 123 Å². The SMILES string of the molecule is Cc1ccc(CC2C(=O)N(Cc3ccccc3)C(=O)N(C3CCCCC3)C2=O)cc1.O=C1C(c2ccccc2)C(=O)N(C2CCCCC2)C(=O)N1C1CCCCC1.O=C1C(c2ccccc2)C(=O)N(C2CCCCC2)C(=O)N1CCc1ccccc1.O=C1C(c2ccccc2)C(=O)N(C2CCCCC2)C(=O)N1Cc1ccccc1. The Balaban J connectivity index is 0.000000133. The molecule has 0 aromatic heterocycles. The van der Waals surface area contributed by atoms with Crippen LogP contribution < -0.4 is 0 Å². The van der Waals surface area contributed by atoms with Crippen molar-refractivity contribution in [2.75, 3.05) is 6.54 Å². The quantitative estimate of drug-likeness (QED) is 0.0775. The van der Waals surface area contributed by atoms with Crippen molar-refractivity contribution < 1.29 is 57.5 Å². The molecule has 4 heterocycles. The standard InChI is InChI=1S/C25H28N2O3.C24H26N2O3.C23H24N2O3.C22H28N2O3/c1-18-12-14-19(15-13-18)16-22-23(28)26(17-20-8-4-2-5-9-20)25(30)27(24(22)29)21-10-6-3-7-11-21;27-22-21(19-12-6-2-7-13-19)23(28)26(20-14-8-3-9-15-20)24(29)25(22)17-16-18-10-4-1-5-11-18;26-21-20(18-12-6-2-7-13-18)22(27)25(19-14-8-3-9-15-19)23(28)24(21)16-17-10-4-1-5-11-17;25-20-19(16-10-4-1-5-11-16)21(26)24(18-14-8-3-9-15-18)22(27)23(20)17-12-6-2-7-13-17/h2,4-5,8-9,12-15,21-22H,3,6-7,10-11,16-17H2,1H3;1-2,4-7,10-13,20-21H,3,8-9,14-17H2;1-2,4-7,10-13,19-20H,3,8-9,14-16H2;1,4-5,10-11,17-19H,2-3,6-9,12-15H2. The fourth-order valence-corrected chi connectivity index (χ4v) is 18.1. The molecule has 3 atom stereocenters. The first-order chi connectivity index (χ1) is 55.6. The van der Waals surface area contributed by atoms with Gasteiger partial charge in [-0.3, -0.25) is 77.6 Å². The summed E-state index contributed by atoms with van der Waals surface area (Å²) in [7, 11) is 0. The highest BCUT2D eigenvalue weighted by Gasteiger charge is 2.54. The van der Waals surface area contributed by atoms with E-state index in [2.05, 4.69) is 0 Å². The van der Waals surface area contributed by atoms with E-state index in [0.29, 0.717) is 29.5 Å². The summed E-state index contributed by atoms with van der Waals surface area (Å²) < 4.78 is 0. The van der Waals surface area contributed by atoms with Crippen molar-refractivity contribution in [1.82, 2.24) is 39.2 Å². The third kappa shape index (κ3) is 18.8.